The molecule has 0 aliphatic carbocycles. The zero-order valence-corrected chi connectivity index (χ0v) is 8.10. The molecule has 0 unspecified atom stereocenters. The lowest BCUT2D eigenvalue weighted by Gasteiger charge is -2.00. The first-order chi connectivity index (χ1) is 5.75. The first-order valence-electron chi connectivity index (χ1n) is 3.42. The minimum Gasteiger partial charge on any atom is -0.264 e. The molecule has 0 aromatic carbocycles. The summed E-state index contributed by atoms with van der Waals surface area (Å²) in [5, 5.41) is 0.435. The van der Waals surface area contributed by atoms with E-state index in [1.807, 2.05) is 13.0 Å². The second kappa shape index (κ2) is 4.43. The van der Waals surface area contributed by atoms with Crippen LogP contribution < -0.4 is 0 Å². The molecule has 0 saturated carbocycles. The van der Waals surface area contributed by atoms with E-state index in [0.29, 0.717) is 5.17 Å². The molecule has 1 rings (SSSR count). The molecule has 1 aromatic heterocycles. The van der Waals surface area contributed by atoms with Crippen LogP contribution in [0.5, 0.6) is 0 Å². The SMILES string of the molecule is Cc1cnccc1C(Cl)=NCCl. The summed E-state index contributed by atoms with van der Waals surface area (Å²) >= 11 is 11.3. The Bertz CT molecular complexity index is 297. The van der Waals surface area contributed by atoms with Gasteiger partial charge in [0.25, 0.3) is 0 Å². The normalized spacial score (nSPS) is 11.8. The van der Waals surface area contributed by atoms with E-state index in [4.69, 9.17) is 23.2 Å². The van der Waals surface area contributed by atoms with Gasteiger partial charge in [0.05, 0.1) is 0 Å². The molecule has 0 atom stereocenters. The van der Waals surface area contributed by atoms with E-state index in [9.17, 15) is 0 Å². The molecule has 0 fully saturated rings. The maximum absolute atomic E-state index is 5.85. The van der Waals surface area contributed by atoms with Gasteiger partial charge in [0.15, 0.2) is 0 Å². The third kappa shape index (κ3) is 2.19. The van der Waals surface area contributed by atoms with Crippen molar-refractivity contribution in [2.75, 3.05) is 6.00 Å². The summed E-state index contributed by atoms with van der Waals surface area (Å²) < 4.78 is 0. The Balaban J connectivity index is 3.02. The Morgan fingerprint density at radius 1 is 1.67 bits per heavy atom. The third-order valence-corrected chi connectivity index (χ3v) is 1.88. The molecular formula is C8H8Cl2N2. The van der Waals surface area contributed by atoms with E-state index in [-0.39, 0.29) is 6.00 Å². The number of aliphatic imine (C=N–C) groups is 1. The van der Waals surface area contributed by atoms with Crippen molar-refractivity contribution >= 4 is 28.4 Å². The first-order valence-corrected chi connectivity index (χ1v) is 4.34. The molecule has 0 saturated heterocycles. The largest absolute Gasteiger partial charge is 0.264 e. The van der Waals surface area contributed by atoms with Gasteiger partial charge in [-0.05, 0) is 18.6 Å². The predicted molar refractivity (Wildman–Crippen MR) is 52.1 cm³/mol. The van der Waals surface area contributed by atoms with Crippen molar-refractivity contribution < 1.29 is 0 Å². The van der Waals surface area contributed by atoms with Crippen LogP contribution in [-0.4, -0.2) is 16.2 Å². The van der Waals surface area contributed by atoms with E-state index in [1.165, 1.54) is 0 Å². The molecule has 0 N–H and O–H groups in total. The van der Waals surface area contributed by atoms with Crippen LogP contribution in [0.2, 0.25) is 0 Å². The zero-order valence-electron chi connectivity index (χ0n) is 6.59. The summed E-state index contributed by atoms with van der Waals surface area (Å²) in [5.74, 6) is 0. The smallest absolute Gasteiger partial charge is 0.132 e. The van der Waals surface area contributed by atoms with Crippen LogP contribution in [-0.2, 0) is 0 Å². The second-order valence-electron chi connectivity index (χ2n) is 2.26. The number of aryl methyl sites for hydroxylation is 1. The maximum Gasteiger partial charge on any atom is 0.132 e. The van der Waals surface area contributed by atoms with Gasteiger partial charge in [-0.25, -0.2) is 0 Å². The first kappa shape index (κ1) is 9.49. The van der Waals surface area contributed by atoms with Crippen molar-refractivity contribution in [3.63, 3.8) is 0 Å². The maximum atomic E-state index is 5.85. The standard InChI is InChI=1S/C8H8Cl2N2/c1-6-4-11-3-2-7(6)8(10)12-5-9/h2-4H,5H2,1H3. The molecule has 0 amide bonds. The fourth-order valence-electron chi connectivity index (χ4n) is 0.842. The van der Waals surface area contributed by atoms with Gasteiger partial charge in [-0.2, -0.15) is 0 Å². The molecule has 0 radical (unpaired) electrons. The highest BCUT2D eigenvalue weighted by Crippen LogP contribution is 2.09. The molecule has 2 nitrogen and oxygen atoms in total. The van der Waals surface area contributed by atoms with Crippen molar-refractivity contribution in [2.45, 2.75) is 6.92 Å². The topological polar surface area (TPSA) is 25.2 Å². The number of alkyl halides is 1. The molecule has 0 spiro atoms. The van der Waals surface area contributed by atoms with E-state index in [2.05, 4.69) is 9.98 Å². The van der Waals surface area contributed by atoms with E-state index < -0.39 is 0 Å². The van der Waals surface area contributed by atoms with Crippen LogP contribution in [0.1, 0.15) is 11.1 Å². The molecule has 4 heteroatoms. The van der Waals surface area contributed by atoms with Crippen molar-refractivity contribution in [2.24, 2.45) is 4.99 Å². The number of aromatic nitrogens is 1. The van der Waals surface area contributed by atoms with Crippen LogP contribution in [0.3, 0.4) is 0 Å². The lowest BCUT2D eigenvalue weighted by Crippen LogP contribution is -1.95. The number of hydrogen-bond donors (Lipinski definition) is 0. The van der Waals surface area contributed by atoms with Crippen molar-refractivity contribution in [1.82, 2.24) is 4.98 Å². The average Bonchev–Trinajstić information content (AvgIpc) is 2.05. The monoisotopic (exact) mass is 202 g/mol. The van der Waals surface area contributed by atoms with Gasteiger partial charge in [0.2, 0.25) is 0 Å². The van der Waals surface area contributed by atoms with Crippen molar-refractivity contribution in [3.8, 4) is 0 Å². The Labute approximate surface area is 81.2 Å². The Hall–Kier alpha value is -0.600. The lowest BCUT2D eigenvalue weighted by molar-refractivity contribution is 1.25. The number of nitrogens with zero attached hydrogens (tertiary/aromatic N) is 2. The Morgan fingerprint density at radius 2 is 2.42 bits per heavy atom. The molecule has 0 bridgehead atoms. The molecule has 0 aliphatic rings. The quantitative estimate of drug-likeness (QED) is 0.412. The molecule has 0 aliphatic heterocycles. The predicted octanol–water partition coefficient (Wildman–Crippen LogP) is 2.57. The van der Waals surface area contributed by atoms with Gasteiger partial charge in [-0.3, -0.25) is 9.98 Å². The molecule has 1 aromatic rings. The fraction of sp³-hybridized carbons (Fsp3) is 0.250. The zero-order chi connectivity index (χ0) is 8.97. The van der Waals surface area contributed by atoms with Gasteiger partial charge < -0.3 is 0 Å². The minimum atomic E-state index is 0.181. The molecule has 64 valence electrons. The highest BCUT2D eigenvalue weighted by atomic mass is 35.5. The summed E-state index contributed by atoms with van der Waals surface area (Å²) in [6.07, 6.45) is 3.41. The summed E-state index contributed by atoms with van der Waals surface area (Å²) in [7, 11) is 0. The summed E-state index contributed by atoms with van der Waals surface area (Å²) in [4.78, 5) is 7.82. The average molecular weight is 203 g/mol. The van der Waals surface area contributed by atoms with Gasteiger partial charge in [-0.1, -0.05) is 11.6 Å². The number of halogens is 2. The van der Waals surface area contributed by atoms with Gasteiger partial charge in [0, 0.05) is 18.0 Å². The number of pyridine rings is 1. The van der Waals surface area contributed by atoms with E-state index in [0.717, 1.165) is 11.1 Å². The minimum absolute atomic E-state index is 0.181. The summed E-state index contributed by atoms with van der Waals surface area (Å²) in [6.45, 7) is 1.93. The Kier molecular flexibility index (Phi) is 3.50. The van der Waals surface area contributed by atoms with Gasteiger partial charge >= 0.3 is 0 Å². The van der Waals surface area contributed by atoms with Crippen LogP contribution in [0.25, 0.3) is 0 Å². The highest BCUT2D eigenvalue weighted by molar-refractivity contribution is 6.69. The Morgan fingerprint density at radius 3 is 3.00 bits per heavy atom. The fourth-order valence-corrected chi connectivity index (χ4v) is 1.30. The van der Waals surface area contributed by atoms with Crippen molar-refractivity contribution in [3.05, 3.63) is 29.6 Å². The van der Waals surface area contributed by atoms with Gasteiger partial charge in [-0.15, -0.1) is 11.6 Å². The van der Waals surface area contributed by atoms with Crippen LogP contribution >= 0.6 is 23.2 Å². The summed E-state index contributed by atoms with van der Waals surface area (Å²) in [6, 6.07) is 1.99. The van der Waals surface area contributed by atoms with E-state index in [1.54, 1.807) is 12.4 Å². The van der Waals surface area contributed by atoms with Crippen LogP contribution in [0, 0.1) is 6.92 Å². The molecule has 12 heavy (non-hydrogen) atoms. The molecular weight excluding hydrogens is 195 g/mol. The number of rotatable bonds is 2. The van der Waals surface area contributed by atoms with Crippen LogP contribution in [0.15, 0.2) is 23.5 Å². The van der Waals surface area contributed by atoms with Crippen LogP contribution in [0.4, 0.5) is 0 Å². The number of hydrogen-bond acceptors (Lipinski definition) is 2. The summed E-state index contributed by atoms with van der Waals surface area (Å²) in [5.41, 5.74) is 1.88. The third-order valence-electron chi connectivity index (χ3n) is 1.44. The van der Waals surface area contributed by atoms with Gasteiger partial charge in [0.1, 0.15) is 11.2 Å². The second-order valence-corrected chi connectivity index (χ2v) is 2.86. The molecule has 1 heterocycles. The van der Waals surface area contributed by atoms with E-state index >= 15 is 0 Å². The lowest BCUT2D eigenvalue weighted by atomic mass is 10.2. The van der Waals surface area contributed by atoms with Crippen molar-refractivity contribution in [1.29, 1.82) is 0 Å². The highest BCUT2D eigenvalue weighted by Gasteiger charge is 2.01.